The van der Waals surface area contributed by atoms with Crippen molar-refractivity contribution in [3.8, 4) is 39.1 Å². The van der Waals surface area contributed by atoms with Gasteiger partial charge in [-0.1, -0.05) is 158 Å². The van der Waals surface area contributed by atoms with Crippen LogP contribution < -0.4 is 4.90 Å². The fraction of sp³-hybridized carbons (Fsp3) is 0. The summed E-state index contributed by atoms with van der Waals surface area (Å²) >= 11 is 0. The summed E-state index contributed by atoms with van der Waals surface area (Å²) in [5.74, 6) is 0. The number of anilines is 3. The number of rotatable bonds is 7. The van der Waals surface area contributed by atoms with E-state index >= 15 is 0 Å². The molecular weight excluding hydrogens is 741 g/mol. The van der Waals surface area contributed by atoms with E-state index in [0.29, 0.717) is 0 Å². The van der Waals surface area contributed by atoms with E-state index in [2.05, 4.69) is 228 Å². The number of furan rings is 1. The molecule has 0 spiro atoms. The maximum absolute atomic E-state index is 6.40. The number of aromatic nitrogens is 1. The van der Waals surface area contributed by atoms with Crippen molar-refractivity contribution in [3.05, 3.63) is 231 Å². The minimum Gasteiger partial charge on any atom is -0.456 e. The van der Waals surface area contributed by atoms with Crippen LogP contribution in [-0.2, 0) is 0 Å². The van der Waals surface area contributed by atoms with Crippen molar-refractivity contribution in [3.63, 3.8) is 0 Å². The lowest BCUT2D eigenvalue weighted by molar-refractivity contribution is 0.669. The molecule has 0 saturated carbocycles. The maximum Gasteiger partial charge on any atom is 0.136 e. The Bertz CT molecular complexity index is 3530. The van der Waals surface area contributed by atoms with Gasteiger partial charge in [-0.2, -0.15) is 0 Å². The molecule has 61 heavy (non-hydrogen) atoms. The van der Waals surface area contributed by atoms with Crippen molar-refractivity contribution in [2.24, 2.45) is 0 Å². The van der Waals surface area contributed by atoms with Crippen molar-refractivity contribution in [2.45, 2.75) is 0 Å². The third-order valence-corrected chi connectivity index (χ3v) is 12.2. The van der Waals surface area contributed by atoms with E-state index in [9.17, 15) is 0 Å². The van der Waals surface area contributed by atoms with Gasteiger partial charge in [-0.3, -0.25) is 0 Å². The van der Waals surface area contributed by atoms with Crippen LogP contribution in [0.3, 0.4) is 0 Å². The minimum atomic E-state index is 0.879. The van der Waals surface area contributed by atoms with Gasteiger partial charge in [-0.25, -0.2) is 0 Å². The van der Waals surface area contributed by atoms with Gasteiger partial charge in [0, 0.05) is 44.2 Å². The summed E-state index contributed by atoms with van der Waals surface area (Å²) in [6.45, 7) is 0. The molecule has 2 aromatic heterocycles. The van der Waals surface area contributed by atoms with Gasteiger partial charge in [0.05, 0.1) is 16.7 Å². The third-order valence-electron chi connectivity index (χ3n) is 12.2. The zero-order valence-electron chi connectivity index (χ0n) is 33.2. The summed E-state index contributed by atoms with van der Waals surface area (Å²) < 4.78 is 8.77. The Morgan fingerprint density at radius 1 is 0.328 bits per heavy atom. The molecule has 10 aromatic carbocycles. The third kappa shape index (κ3) is 5.90. The Kier molecular flexibility index (Phi) is 8.17. The van der Waals surface area contributed by atoms with E-state index in [1.165, 1.54) is 43.7 Å². The average molecular weight is 779 g/mol. The molecule has 0 aliphatic rings. The monoisotopic (exact) mass is 778 g/mol. The van der Waals surface area contributed by atoms with Gasteiger partial charge < -0.3 is 13.9 Å². The summed E-state index contributed by atoms with van der Waals surface area (Å²) in [6, 6.07) is 83.0. The zero-order chi connectivity index (χ0) is 40.3. The van der Waals surface area contributed by atoms with Crippen molar-refractivity contribution in [2.75, 3.05) is 4.90 Å². The lowest BCUT2D eigenvalue weighted by Gasteiger charge is -2.28. The van der Waals surface area contributed by atoms with Gasteiger partial charge in [-0.15, -0.1) is 0 Å². The molecule has 0 radical (unpaired) electrons. The molecule has 3 nitrogen and oxygen atoms in total. The van der Waals surface area contributed by atoms with E-state index in [-0.39, 0.29) is 0 Å². The Hall–Kier alpha value is -8.14. The zero-order valence-corrected chi connectivity index (χ0v) is 33.2. The van der Waals surface area contributed by atoms with Gasteiger partial charge in [0.1, 0.15) is 11.2 Å². The summed E-state index contributed by atoms with van der Waals surface area (Å²) in [5, 5.41) is 7.26. The lowest BCUT2D eigenvalue weighted by Crippen LogP contribution is -2.11. The number of hydrogen-bond acceptors (Lipinski definition) is 2. The molecule has 0 unspecified atom stereocenters. The maximum atomic E-state index is 6.40. The highest BCUT2D eigenvalue weighted by molar-refractivity contribution is 6.09. The van der Waals surface area contributed by atoms with Crippen molar-refractivity contribution in [1.82, 2.24) is 4.57 Å². The van der Waals surface area contributed by atoms with Crippen LogP contribution in [0.25, 0.3) is 93.6 Å². The number of para-hydroxylation sites is 4. The smallest absolute Gasteiger partial charge is 0.136 e. The van der Waals surface area contributed by atoms with E-state index in [1.54, 1.807) is 0 Å². The van der Waals surface area contributed by atoms with Crippen molar-refractivity contribution in [1.29, 1.82) is 0 Å². The fourth-order valence-corrected chi connectivity index (χ4v) is 9.33. The predicted molar refractivity (Wildman–Crippen MR) is 257 cm³/mol. The molecule has 286 valence electrons. The molecule has 12 rings (SSSR count). The first-order valence-electron chi connectivity index (χ1n) is 20.8. The molecule has 0 amide bonds. The number of fused-ring (bicyclic) bond motifs is 7. The number of nitrogens with zero attached hydrogens (tertiary/aromatic N) is 2. The Labute approximate surface area is 353 Å². The number of hydrogen-bond donors (Lipinski definition) is 0. The molecule has 0 fully saturated rings. The van der Waals surface area contributed by atoms with Crippen LogP contribution in [0.2, 0.25) is 0 Å². The van der Waals surface area contributed by atoms with Gasteiger partial charge in [0.2, 0.25) is 0 Å². The second-order valence-electron chi connectivity index (χ2n) is 15.7. The SMILES string of the molecule is c1cc(-c2ccc(-c3cccc4ccccc34)cc2)cc(N(c2ccc(-n3c4ccccc4c4ccccc43)cc2)c2ccccc2-c2ccc3c(c2)oc2ccccc23)c1. The standard InChI is InChI=1S/C58H38N2O/c1-2-17-47-40(13-1)14-12-22-48(47)41-29-27-39(28-30-41)42-15-11-16-46(37-42)59(44-32-34-45(35-33-44)60-55-24-8-4-19-50(55)51-20-5-9-25-56(51)60)54-23-7-3-18-49(54)43-31-36-53-52-21-6-10-26-57(52)61-58(53)38-43/h1-38H. The van der Waals surface area contributed by atoms with Crippen molar-refractivity contribution < 1.29 is 4.42 Å². The summed E-state index contributed by atoms with van der Waals surface area (Å²) in [6.07, 6.45) is 0. The topological polar surface area (TPSA) is 21.3 Å². The molecular formula is C58H38N2O. The molecule has 0 atom stereocenters. The highest BCUT2D eigenvalue weighted by Crippen LogP contribution is 2.44. The summed E-state index contributed by atoms with van der Waals surface area (Å²) in [7, 11) is 0. The minimum absolute atomic E-state index is 0.879. The highest BCUT2D eigenvalue weighted by atomic mass is 16.3. The van der Waals surface area contributed by atoms with Crippen LogP contribution in [0, 0.1) is 0 Å². The lowest BCUT2D eigenvalue weighted by atomic mass is 9.96. The first-order chi connectivity index (χ1) is 30.2. The molecule has 2 heterocycles. The second kappa shape index (κ2) is 14.3. The van der Waals surface area contributed by atoms with Gasteiger partial charge >= 0.3 is 0 Å². The quantitative estimate of drug-likeness (QED) is 0.161. The largest absolute Gasteiger partial charge is 0.456 e. The van der Waals surface area contributed by atoms with Gasteiger partial charge in [0.15, 0.2) is 0 Å². The molecule has 0 aliphatic heterocycles. The normalized spacial score (nSPS) is 11.6. The van der Waals surface area contributed by atoms with Crippen LogP contribution >= 0.6 is 0 Å². The first-order valence-corrected chi connectivity index (χ1v) is 20.8. The van der Waals surface area contributed by atoms with Crippen molar-refractivity contribution >= 4 is 71.6 Å². The molecule has 12 aromatic rings. The molecule has 0 aliphatic carbocycles. The fourth-order valence-electron chi connectivity index (χ4n) is 9.33. The van der Waals surface area contributed by atoms with Crippen LogP contribution in [0.4, 0.5) is 17.1 Å². The average Bonchev–Trinajstić information content (AvgIpc) is 3.88. The Morgan fingerprint density at radius 2 is 0.918 bits per heavy atom. The predicted octanol–water partition coefficient (Wildman–Crippen LogP) is 16.3. The van der Waals surface area contributed by atoms with Crippen LogP contribution in [0.5, 0.6) is 0 Å². The number of benzene rings is 10. The van der Waals surface area contributed by atoms with E-state index in [0.717, 1.165) is 66.9 Å². The molecule has 0 saturated heterocycles. The van der Waals surface area contributed by atoms with Crippen LogP contribution in [0.1, 0.15) is 0 Å². The highest BCUT2D eigenvalue weighted by Gasteiger charge is 2.20. The van der Waals surface area contributed by atoms with E-state index in [1.807, 2.05) is 12.1 Å². The molecule has 0 bridgehead atoms. The molecule has 0 N–H and O–H groups in total. The first kappa shape index (κ1) is 34.9. The second-order valence-corrected chi connectivity index (χ2v) is 15.7. The summed E-state index contributed by atoms with van der Waals surface area (Å²) in [5.41, 5.74) is 15.4. The van der Waals surface area contributed by atoms with Crippen LogP contribution in [0.15, 0.2) is 235 Å². The van der Waals surface area contributed by atoms with E-state index < -0.39 is 0 Å². The van der Waals surface area contributed by atoms with Gasteiger partial charge in [-0.05, 0) is 111 Å². The Balaban J connectivity index is 0.992. The van der Waals surface area contributed by atoms with Crippen LogP contribution in [-0.4, -0.2) is 4.57 Å². The molecule has 3 heteroatoms. The Morgan fingerprint density at radius 3 is 1.72 bits per heavy atom. The van der Waals surface area contributed by atoms with E-state index in [4.69, 9.17) is 4.42 Å². The van der Waals surface area contributed by atoms with Gasteiger partial charge in [0.25, 0.3) is 0 Å². The summed E-state index contributed by atoms with van der Waals surface area (Å²) in [4.78, 5) is 2.39.